The van der Waals surface area contributed by atoms with Crippen LogP contribution in [0, 0.1) is 5.92 Å². The van der Waals surface area contributed by atoms with E-state index in [0.29, 0.717) is 25.4 Å². The molecular formula is C25H26N2O4. The van der Waals surface area contributed by atoms with Crippen LogP contribution < -0.4 is 0 Å². The van der Waals surface area contributed by atoms with Crippen LogP contribution >= 0.6 is 0 Å². The molecule has 2 heterocycles. The van der Waals surface area contributed by atoms with Crippen LogP contribution in [0.1, 0.15) is 53.1 Å². The molecule has 0 bridgehead atoms. The van der Waals surface area contributed by atoms with Crippen molar-refractivity contribution in [2.24, 2.45) is 5.92 Å². The summed E-state index contributed by atoms with van der Waals surface area (Å²) < 4.78 is 10.6. The normalized spacial score (nSPS) is 16.3. The number of piperidine rings is 1. The van der Waals surface area contributed by atoms with Crippen molar-refractivity contribution in [2.75, 3.05) is 19.7 Å². The van der Waals surface area contributed by atoms with Crippen LogP contribution in [0.15, 0.2) is 71.3 Å². The lowest BCUT2D eigenvalue weighted by molar-refractivity contribution is -0.149. The van der Waals surface area contributed by atoms with Crippen molar-refractivity contribution < 1.29 is 18.8 Å². The molecule has 3 aromatic rings. The van der Waals surface area contributed by atoms with Crippen LogP contribution in [0.2, 0.25) is 0 Å². The monoisotopic (exact) mass is 418 g/mol. The van der Waals surface area contributed by atoms with Crippen molar-refractivity contribution >= 4 is 11.9 Å². The molecule has 2 aromatic carbocycles. The number of rotatable bonds is 6. The molecule has 0 radical (unpaired) electrons. The Balaban J connectivity index is 1.57. The Labute approximate surface area is 181 Å². The summed E-state index contributed by atoms with van der Waals surface area (Å²) in [6.07, 6.45) is 1.49. The van der Waals surface area contributed by atoms with Gasteiger partial charge in [-0.1, -0.05) is 65.8 Å². The Morgan fingerprint density at radius 1 is 1.10 bits per heavy atom. The van der Waals surface area contributed by atoms with Crippen molar-refractivity contribution in [1.29, 1.82) is 0 Å². The van der Waals surface area contributed by atoms with E-state index in [1.807, 2.05) is 60.7 Å². The number of amides is 1. The number of esters is 1. The Morgan fingerprint density at radius 2 is 1.74 bits per heavy atom. The standard InChI is InChI=1S/C25H26N2O4/c1-2-30-25(29)20-14-9-15-27(17-20)24(28)22-16-21(26-31-22)23(18-10-5-3-6-11-18)19-12-7-4-8-13-19/h3-8,10-13,16,20,23H,2,9,14-15,17H2,1H3. The molecule has 1 atom stereocenters. The molecule has 1 aliphatic rings. The van der Waals surface area contributed by atoms with E-state index in [4.69, 9.17) is 9.26 Å². The third kappa shape index (κ3) is 4.68. The smallest absolute Gasteiger partial charge is 0.310 e. The summed E-state index contributed by atoms with van der Waals surface area (Å²) >= 11 is 0. The highest BCUT2D eigenvalue weighted by atomic mass is 16.5. The van der Waals surface area contributed by atoms with E-state index in [-0.39, 0.29) is 29.5 Å². The predicted octanol–water partition coefficient (Wildman–Crippen LogP) is 4.27. The van der Waals surface area contributed by atoms with E-state index >= 15 is 0 Å². The van der Waals surface area contributed by atoms with Crippen LogP contribution in [0.3, 0.4) is 0 Å². The van der Waals surface area contributed by atoms with Gasteiger partial charge in [0.15, 0.2) is 0 Å². The zero-order valence-corrected chi connectivity index (χ0v) is 17.6. The minimum absolute atomic E-state index is 0.138. The van der Waals surface area contributed by atoms with Crippen LogP contribution in [-0.2, 0) is 9.53 Å². The van der Waals surface area contributed by atoms with E-state index in [1.54, 1.807) is 17.9 Å². The summed E-state index contributed by atoms with van der Waals surface area (Å²) in [6, 6.07) is 21.8. The van der Waals surface area contributed by atoms with Gasteiger partial charge in [-0.25, -0.2) is 0 Å². The Bertz CT molecular complexity index is 977. The maximum absolute atomic E-state index is 13.1. The Kier molecular flexibility index (Phi) is 6.46. The highest BCUT2D eigenvalue weighted by Crippen LogP contribution is 2.32. The molecule has 1 aliphatic heterocycles. The van der Waals surface area contributed by atoms with Crippen molar-refractivity contribution in [3.63, 3.8) is 0 Å². The van der Waals surface area contributed by atoms with Crippen molar-refractivity contribution in [1.82, 2.24) is 10.1 Å². The lowest BCUT2D eigenvalue weighted by atomic mass is 9.88. The highest BCUT2D eigenvalue weighted by Gasteiger charge is 2.32. The molecule has 160 valence electrons. The second-order valence-corrected chi connectivity index (χ2v) is 7.71. The molecule has 0 aliphatic carbocycles. The quantitative estimate of drug-likeness (QED) is 0.559. The Morgan fingerprint density at radius 3 is 2.35 bits per heavy atom. The van der Waals surface area contributed by atoms with Gasteiger partial charge in [0, 0.05) is 19.2 Å². The molecular weight excluding hydrogens is 392 g/mol. The maximum atomic E-state index is 13.1. The fourth-order valence-corrected chi connectivity index (χ4v) is 4.12. The van der Waals surface area contributed by atoms with Crippen LogP contribution in [0.5, 0.6) is 0 Å². The van der Waals surface area contributed by atoms with Gasteiger partial charge in [-0.3, -0.25) is 9.59 Å². The minimum Gasteiger partial charge on any atom is -0.466 e. The number of hydrogen-bond acceptors (Lipinski definition) is 5. The van der Waals surface area contributed by atoms with Gasteiger partial charge >= 0.3 is 5.97 Å². The van der Waals surface area contributed by atoms with Crippen molar-refractivity contribution in [2.45, 2.75) is 25.7 Å². The van der Waals surface area contributed by atoms with Gasteiger partial charge in [0.2, 0.25) is 5.76 Å². The number of carbonyl (C=O) groups is 2. The van der Waals surface area contributed by atoms with E-state index in [1.165, 1.54) is 0 Å². The predicted molar refractivity (Wildman–Crippen MR) is 116 cm³/mol. The van der Waals surface area contributed by atoms with E-state index in [2.05, 4.69) is 5.16 Å². The van der Waals surface area contributed by atoms with E-state index < -0.39 is 0 Å². The molecule has 6 heteroatoms. The topological polar surface area (TPSA) is 72.6 Å². The zero-order valence-electron chi connectivity index (χ0n) is 17.6. The van der Waals surface area contributed by atoms with E-state index in [0.717, 1.165) is 24.0 Å². The molecule has 31 heavy (non-hydrogen) atoms. The van der Waals surface area contributed by atoms with Gasteiger partial charge in [-0.15, -0.1) is 0 Å². The van der Waals surface area contributed by atoms with Crippen LogP contribution in [0.25, 0.3) is 0 Å². The molecule has 6 nitrogen and oxygen atoms in total. The first kappa shape index (κ1) is 20.8. The number of benzene rings is 2. The first-order chi connectivity index (χ1) is 15.2. The number of aromatic nitrogens is 1. The summed E-state index contributed by atoms with van der Waals surface area (Å²) in [4.78, 5) is 26.9. The lowest BCUT2D eigenvalue weighted by Gasteiger charge is -2.30. The first-order valence-electron chi connectivity index (χ1n) is 10.7. The molecule has 0 saturated carbocycles. The van der Waals surface area contributed by atoms with Gasteiger partial charge < -0.3 is 14.2 Å². The number of nitrogens with zero attached hydrogens (tertiary/aromatic N) is 2. The van der Waals surface area contributed by atoms with Crippen LogP contribution in [-0.4, -0.2) is 41.6 Å². The van der Waals surface area contributed by atoms with Crippen molar-refractivity contribution in [3.8, 4) is 0 Å². The largest absolute Gasteiger partial charge is 0.466 e. The van der Waals surface area contributed by atoms with Gasteiger partial charge in [0.1, 0.15) is 0 Å². The second-order valence-electron chi connectivity index (χ2n) is 7.71. The van der Waals surface area contributed by atoms with Gasteiger partial charge in [0.05, 0.1) is 24.1 Å². The minimum atomic E-state index is -0.290. The highest BCUT2D eigenvalue weighted by molar-refractivity contribution is 5.92. The molecule has 4 rings (SSSR count). The number of ether oxygens (including phenoxy) is 1. The summed E-state index contributed by atoms with van der Waals surface area (Å²) in [5.41, 5.74) is 2.82. The van der Waals surface area contributed by atoms with Gasteiger partial charge in [-0.05, 0) is 30.9 Å². The lowest BCUT2D eigenvalue weighted by Crippen LogP contribution is -2.42. The van der Waals surface area contributed by atoms with Gasteiger partial charge in [-0.2, -0.15) is 0 Å². The second kappa shape index (κ2) is 9.60. The average Bonchev–Trinajstić information content (AvgIpc) is 3.30. The zero-order chi connectivity index (χ0) is 21.6. The number of likely N-dealkylation sites (tertiary alicyclic amines) is 1. The summed E-state index contributed by atoms with van der Waals surface area (Å²) in [7, 11) is 0. The molecule has 0 spiro atoms. The molecule has 1 amide bonds. The molecule has 1 unspecified atom stereocenters. The van der Waals surface area contributed by atoms with E-state index in [9.17, 15) is 9.59 Å². The van der Waals surface area contributed by atoms with Crippen LogP contribution in [0.4, 0.5) is 0 Å². The number of carbonyl (C=O) groups excluding carboxylic acids is 2. The summed E-state index contributed by atoms with van der Waals surface area (Å²) in [6.45, 7) is 3.06. The number of hydrogen-bond donors (Lipinski definition) is 0. The van der Waals surface area contributed by atoms with Crippen molar-refractivity contribution in [3.05, 3.63) is 89.3 Å². The Hall–Kier alpha value is -3.41. The molecule has 1 aromatic heterocycles. The first-order valence-corrected chi connectivity index (χ1v) is 10.7. The fraction of sp³-hybridized carbons (Fsp3) is 0.320. The molecule has 0 N–H and O–H groups in total. The summed E-state index contributed by atoms with van der Waals surface area (Å²) in [5.74, 6) is -0.724. The third-order valence-electron chi connectivity index (χ3n) is 5.63. The third-order valence-corrected chi connectivity index (χ3v) is 5.63. The van der Waals surface area contributed by atoms with Gasteiger partial charge in [0.25, 0.3) is 5.91 Å². The molecule has 1 fully saturated rings. The molecule has 1 saturated heterocycles. The summed E-state index contributed by atoms with van der Waals surface area (Å²) in [5, 5.41) is 4.25. The SMILES string of the molecule is CCOC(=O)C1CCCN(C(=O)c2cc(C(c3ccccc3)c3ccccc3)no2)C1. The average molecular weight is 418 g/mol. The fourth-order valence-electron chi connectivity index (χ4n) is 4.12. The maximum Gasteiger partial charge on any atom is 0.310 e.